The number of ether oxygens (including phenoxy) is 2. The number of amides is 2. The highest BCUT2D eigenvalue weighted by Crippen LogP contribution is 2.44. The van der Waals surface area contributed by atoms with Crippen molar-refractivity contribution in [2.24, 2.45) is 5.92 Å². The summed E-state index contributed by atoms with van der Waals surface area (Å²) >= 11 is 0. The van der Waals surface area contributed by atoms with Gasteiger partial charge in [0.05, 0.1) is 0 Å². The van der Waals surface area contributed by atoms with Crippen molar-refractivity contribution in [3.8, 4) is 11.1 Å². The van der Waals surface area contributed by atoms with Gasteiger partial charge in [0.25, 0.3) is 0 Å². The van der Waals surface area contributed by atoms with E-state index in [4.69, 9.17) is 14.6 Å². The molecule has 2 aromatic rings. The third kappa shape index (κ3) is 6.82. The highest BCUT2D eigenvalue weighted by atomic mass is 16.5. The number of fused-ring (bicyclic) bond motifs is 3. The second-order valence-electron chi connectivity index (χ2n) is 9.12. The monoisotopic (exact) mass is 480 g/mol. The van der Waals surface area contributed by atoms with Crippen LogP contribution in [-0.2, 0) is 19.1 Å². The second kappa shape index (κ2) is 11.8. The minimum atomic E-state index is -1.04. The van der Waals surface area contributed by atoms with Crippen LogP contribution in [0.3, 0.4) is 0 Å². The fraction of sp³-hybridized carbons (Fsp3) is 0.444. The van der Waals surface area contributed by atoms with Gasteiger partial charge in [-0.15, -0.1) is 0 Å². The van der Waals surface area contributed by atoms with E-state index in [1.165, 1.54) is 12.8 Å². The van der Waals surface area contributed by atoms with E-state index in [1.807, 2.05) is 36.4 Å². The van der Waals surface area contributed by atoms with Crippen LogP contribution in [0.15, 0.2) is 48.5 Å². The highest BCUT2D eigenvalue weighted by molar-refractivity contribution is 5.86. The molecule has 0 bridgehead atoms. The van der Waals surface area contributed by atoms with E-state index in [-0.39, 0.29) is 25.4 Å². The average Bonchev–Trinajstić information content (AvgIpc) is 3.63. The van der Waals surface area contributed by atoms with Gasteiger partial charge in [0.1, 0.15) is 12.6 Å². The summed E-state index contributed by atoms with van der Waals surface area (Å²) in [6, 6.07) is 15.1. The number of benzene rings is 2. The molecule has 0 heterocycles. The maximum Gasteiger partial charge on any atom is 0.407 e. The Morgan fingerprint density at radius 2 is 1.63 bits per heavy atom. The predicted molar refractivity (Wildman–Crippen MR) is 130 cm³/mol. The summed E-state index contributed by atoms with van der Waals surface area (Å²) in [5.74, 6) is -0.881. The molecule has 2 aliphatic carbocycles. The lowest BCUT2D eigenvalue weighted by molar-refractivity contribution is -0.137. The van der Waals surface area contributed by atoms with Crippen molar-refractivity contribution in [3.63, 3.8) is 0 Å². The maximum atomic E-state index is 12.6. The first-order chi connectivity index (χ1) is 17.0. The zero-order valence-corrected chi connectivity index (χ0v) is 19.7. The van der Waals surface area contributed by atoms with Crippen LogP contribution in [-0.4, -0.2) is 55.5 Å². The van der Waals surface area contributed by atoms with Crippen LogP contribution in [0.5, 0.6) is 0 Å². The predicted octanol–water partition coefficient (Wildman–Crippen LogP) is 3.69. The van der Waals surface area contributed by atoms with Crippen molar-refractivity contribution in [2.75, 3.05) is 26.4 Å². The summed E-state index contributed by atoms with van der Waals surface area (Å²) in [5, 5.41) is 14.4. The van der Waals surface area contributed by atoms with E-state index in [0.29, 0.717) is 25.5 Å². The fourth-order valence-electron chi connectivity index (χ4n) is 4.36. The third-order valence-corrected chi connectivity index (χ3v) is 6.41. The molecule has 0 aliphatic heterocycles. The number of carbonyl (C=O) groups excluding carboxylic acids is 2. The van der Waals surface area contributed by atoms with E-state index < -0.39 is 24.0 Å². The summed E-state index contributed by atoms with van der Waals surface area (Å²) in [6.45, 7) is 1.82. The SMILES string of the molecule is O=C(O)CCC(NC(=O)OCC1c2ccccc2-c2ccccc21)C(=O)NCCCOCC1CC1. The van der Waals surface area contributed by atoms with Gasteiger partial charge in [0.2, 0.25) is 5.91 Å². The number of rotatable bonds is 13. The van der Waals surface area contributed by atoms with Gasteiger partial charge >= 0.3 is 12.1 Å². The molecular weight excluding hydrogens is 448 g/mol. The van der Waals surface area contributed by atoms with Crippen molar-refractivity contribution in [2.45, 2.75) is 44.1 Å². The van der Waals surface area contributed by atoms with Crippen LogP contribution >= 0.6 is 0 Å². The first-order valence-electron chi connectivity index (χ1n) is 12.2. The first kappa shape index (κ1) is 24.7. The van der Waals surface area contributed by atoms with Crippen LogP contribution in [0.1, 0.15) is 49.1 Å². The third-order valence-electron chi connectivity index (χ3n) is 6.41. The van der Waals surface area contributed by atoms with E-state index in [1.54, 1.807) is 0 Å². The van der Waals surface area contributed by atoms with Gasteiger partial charge in [-0.05, 0) is 53.9 Å². The lowest BCUT2D eigenvalue weighted by atomic mass is 9.98. The van der Waals surface area contributed by atoms with Gasteiger partial charge in [-0.25, -0.2) is 4.79 Å². The molecule has 1 saturated carbocycles. The molecule has 186 valence electrons. The minimum absolute atomic E-state index is 0.0243. The molecule has 8 nitrogen and oxygen atoms in total. The molecule has 4 rings (SSSR count). The van der Waals surface area contributed by atoms with Gasteiger partial charge in [-0.3, -0.25) is 9.59 Å². The van der Waals surface area contributed by atoms with Gasteiger partial charge in [-0.2, -0.15) is 0 Å². The number of carbonyl (C=O) groups is 3. The van der Waals surface area contributed by atoms with Crippen molar-refractivity contribution in [3.05, 3.63) is 59.7 Å². The Labute approximate surface area is 205 Å². The molecule has 1 atom stereocenters. The molecule has 2 amide bonds. The molecular formula is C27H32N2O6. The number of carboxylic acids is 1. The highest BCUT2D eigenvalue weighted by Gasteiger charge is 2.30. The molecule has 8 heteroatoms. The number of hydrogen-bond donors (Lipinski definition) is 3. The van der Waals surface area contributed by atoms with Gasteiger partial charge in [-0.1, -0.05) is 48.5 Å². The minimum Gasteiger partial charge on any atom is -0.481 e. The van der Waals surface area contributed by atoms with E-state index in [9.17, 15) is 14.4 Å². The van der Waals surface area contributed by atoms with Crippen molar-refractivity contribution < 1.29 is 29.0 Å². The van der Waals surface area contributed by atoms with Crippen LogP contribution in [0.4, 0.5) is 4.79 Å². The Hall–Kier alpha value is -3.39. The Bertz CT molecular complexity index is 1010. The Kier molecular flexibility index (Phi) is 8.36. The number of aliphatic carboxylic acids is 1. The fourth-order valence-corrected chi connectivity index (χ4v) is 4.36. The van der Waals surface area contributed by atoms with Crippen molar-refractivity contribution in [1.29, 1.82) is 0 Å². The number of alkyl carbamates (subject to hydrolysis) is 1. The molecule has 35 heavy (non-hydrogen) atoms. The molecule has 0 saturated heterocycles. The maximum absolute atomic E-state index is 12.6. The topological polar surface area (TPSA) is 114 Å². The quantitative estimate of drug-likeness (QED) is 0.377. The molecule has 0 spiro atoms. The molecule has 2 aromatic carbocycles. The zero-order chi connectivity index (χ0) is 24.6. The standard InChI is InChI=1S/C27H32N2O6/c30-25(31)13-12-24(26(32)28-14-5-15-34-16-18-10-11-18)29-27(33)35-17-23-21-8-3-1-6-19(21)20-7-2-4-9-22(20)23/h1-4,6-9,18,23-24H,5,10-17H2,(H,28,32)(H,29,33)(H,30,31). The molecule has 1 fully saturated rings. The number of hydrogen-bond acceptors (Lipinski definition) is 5. The smallest absolute Gasteiger partial charge is 0.407 e. The van der Waals surface area contributed by atoms with E-state index in [0.717, 1.165) is 28.9 Å². The lowest BCUT2D eigenvalue weighted by Gasteiger charge is -2.19. The van der Waals surface area contributed by atoms with Crippen LogP contribution in [0, 0.1) is 5.92 Å². The Balaban J connectivity index is 1.28. The summed E-state index contributed by atoms with van der Waals surface area (Å²) in [4.78, 5) is 36.2. The average molecular weight is 481 g/mol. The van der Waals surface area contributed by atoms with Crippen LogP contribution in [0.2, 0.25) is 0 Å². The molecule has 0 radical (unpaired) electrons. The Morgan fingerprint density at radius 1 is 0.971 bits per heavy atom. The summed E-state index contributed by atoms with van der Waals surface area (Å²) in [6.07, 6.45) is 2.09. The second-order valence-corrected chi connectivity index (χ2v) is 9.12. The molecule has 1 unspecified atom stereocenters. The first-order valence-corrected chi connectivity index (χ1v) is 12.2. The summed E-state index contributed by atoms with van der Waals surface area (Å²) in [5.41, 5.74) is 4.42. The van der Waals surface area contributed by atoms with Crippen molar-refractivity contribution >= 4 is 18.0 Å². The van der Waals surface area contributed by atoms with E-state index in [2.05, 4.69) is 22.8 Å². The van der Waals surface area contributed by atoms with Gasteiger partial charge in [0.15, 0.2) is 0 Å². The Morgan fingerprint density at radius 3 is 2.26 bits per heavy atom. The molecule has 0 aromatic heterocycles. The molecule has 2 aliphatic rings. The van der Waals surface area contributed by atoms with Crippen LogP contribution < -0.4 is 10.6 Å². The van der Waals surface area contributed by atoms with Crippen LogP contribution in [0.25, 0.3) is 11.1 Å². The summed E-state index contributed by atoms with van der Waals surface area (Å²) < 4.78 is 11.1. The van der Waals surface area contributed by atoms with Gasteiger partial charge < -0.3 is 25.2 Å². The normalized spacial score (nSPS) is 15.1. The number of carboxylic acid groups (broad SMARTS) is 1. The van der Waals surface area contributed by atoms with Crippen molar-refractivity contribution in [1.82, 2.24) is 10.6 Å². The number of nitrogens with one attached hydrogen (secondary N) is 2. The zero-order valence-electron chi connectivity index (χ0n) is 19.7. The van der Waals surface area contributed by atoms with E-state index >= 15 is 0 Å². The van der Waals surface area contributed by atoms with Gasteiger partial charge in [0, 0.05) is 32.1 Å². The molecule has 3 N–H and O–H groups in total. The lowest BCUT2D eigenvalue weighted by Crippen LogP contribution is -2.47. The summed E-state index contributed by atoms with van der Waals surface area (Å²) in [7, 11) is 0. The largest absolute Gasteiger partial charge is 0.481 e.